The van der Waals surface area contributed by atoms with Crippen molar-refractivity contribution in [1.29, 1.82) is 0 Å². The summed E-state index contributed by atoms with van der Waals surface area (Å²) in [5.74, 6) is 0.788. The van der Waals surface area contributed by atoms with Crippen molar-refractivity contribution in [3.8, 4) is 5.88 Å². The average Bonchev–Trinajstić information content (AvgIpc) is 3.61. The molecule has 0 amide bonds. The number of nitrogens with zero attached hydrogens (tertiary/aromatic N) is 6. The van der Waals surface area contributed by atoms with Crippen molar-refractivity contribution in [2.45, 2.75) is 70.4 Å². The molecule has 2 fully saturated rings. The van der Waals surface area contributed by atoms with Crippen molar-refractivity contribution in [3.05, 3.63) is 83.4 Å². The van der Waals surface area contributed by atoms with Gasteiger partial charge in [0.15, 0.2) is 0 Å². The van der Waals surface area contributed by atoms with Crippen LogP contribution in [0, 0.1) is 0 Å². The summed E-state index contributed by atoms with van der Waals surface area (Å²) >= 11 is 0. The summed E-state index contributed by atoms with van der Waals surface area (Å²) in [7, 11) is 0. The Hall–Kier alpha value is -4.42. The number of carbonyl (C=O) groups is 1. The summed E-state index contributed by atoms with van der Waals surface area (Å²) in [4.78, 5) is 23.9. The van der Waals surface area contributed by atoms with Crippen LogP contribution in [-0.4, -0.2) is 72.5 Å². The number of carboxylic acids is 1. The molecule has 2 aliphatic heterocycles. The molecule has 2 aliphatic rings. The molecule has 240 valence electrons. The van der Waals surface area contributed by atoms with E-state index in [9.17, 15) is 18.7 Å². The van der Waals surface area contributed by atoms with E-state index in [1.54, 1.807) is 24.4 Å². The Balaban J connectivity index is 1.01. The van der Waals surface area contributed by atoms with Gasteiger partial charge in [-0.05, 0) is 75.2 Å². The van der Waals surface area contributed by atoms with Crippen LogP contribution in [0.25, 0.3) is 21.9 Å². The molecule has 1 N–H and O–H groups in total. The summed E-state index contributed by atoms with van der Waals surface area (Å²) < 4.78 is 41.1. The monoisotopic (exact) mass is 630 g/mol. The molecule has 0 spiro atoms. The van der Waals surface area contributed by atoms with Gasteiger partial charge in [0.25, 0.3) is 6.43 Å². The van der Waals surface area contributed by atoms with E-state index < -0.39 is 18.9 Å². The van der Waals surface area contributed by atoms with Crippen molar-refractivity contribution in [1.82, 2.24) is 29.2 Å². The molecule has 10 nitrogen and oxygen atoms in total. The molecule has 0 aliphatic carbocycles. The molecule has 7 rings (SSSR count). The maximum atomic E-state index is 13.0. The van der Waals surface area contributed by atoms with E-state index in [1.807, 2.05) is 36.4 Å². The Bertz CT molecular complexity index is 1860. The Labute approximate surface area is 264 Å². The quantitative estimate of drug-likeness (QED) is 0.188. The maximum Gasteiger partial charge on any atom is 0.335 e. The predicted molar refractivity (Wildman–Crippen MR) is 167 cm³/mol. The van der Waals surface area contributed by atoms with Crippen molar-refractivity contribution in [3.63, 3.8) is 0 Å². The van der Waals surface area contributed by atoms with Gasteiger partial charge in [0.1, 0.15) is 19.0 Å². The number of benzene rings is 2. The molecular weight excluding hydrogens is 594 g/mol. The smallest absolute Gasteiger partial charge is 0.335 e. The van der Waals surface area contributed by atoms with Gasteiger partial charge in [-0.2, -0.15) is 5.10 Å². The van der Waals surface area contributed by atoms with Gasteiger partial charge in [-0.25, -0.2) is 23.5 Å². The number of halogens is 2. The fourth-order valence-corrected chi connectivity index (χ4v) is 6.54. The molecular formula is C34H36F2N6O4. The zero-order chi connectivity index (χ0) is 31.8. The SMILES string of the molecule is C[C@@H](c1nc2ccc(C(=O)O)cc2n1C[C@@H]1CCO1)N1CCC(c2cccc(OCc3ccc4cnn(CC(F)F)c4c3)n2)CC1. The lowest BCUT2D eigenvalue weighted by atomic mass is 9.92. The molecule has 0 bridgehead atoms. The number of aromatic carboxylic acids is 1. The van der Waals surface area contributed by atoms with Gasteiger partial charge >= 0.3 is 5.97 Å². The van der Waals surface area contributed by atoms with E-state index in [4.69, 9.17) is 19.4 Å². The number of piperidine rings is 1. The van der Waals surface area contributed by atoms with Crippen molar-refractivity contribution < 1.29 is 28.2 Å². The molecule has 2 saturated heterocycles. The molecule has 0 unspecified atom stereocenters. The second-order valence-corrected chi connectivity index (χ2v) is 12.2. The van der Waals surface area contributed by atoms with Gasteiger partial charge < -0.3 is 19.1 Å². The van der Waals surface area contributed by atoms with Crippen molar-refractivity contribution in [2.24, 2.45) is 0 Å². The van der Waals surface area contributed by atoms with Crippen molar-refractivity contribution >= 4 is 27.9 Å². The van der Waals surface area contributed by atoms with Gasteiger partial charge in [-0.15, -0.1) is 0 Å². The Morgan fingerprint density at radius 1 is 1.07 bits per heavy atom. The first-order chi connectivity index (χ1) is 22.3. The van der Waals surface area contributed by atoms with Gasteiger partial charge in [-0.3, -0.25) is 9.58 Å². The van der Waals surface area contributed by atoms with Crippen LogP contribution in [-0.2, 0) is 24.4 Å². The highest BCUT2D eigenvalue weighted by Crippen LogP contribution is 2.34. The predicted octanol–water partition coefficient (Wildman–Crippen LogP) is 6.05. The molecule has 0 saturated carbocycles. The number of pyridine rings is 1. The van der Waals surface area contributed by atoms with E-state index in [-0.39, 0.29) is 30.2 Å². The molecule has 0 radical (unpaired) electrons. The highest BCUT2D eigenvalue weighted by atomic mass is 19.3. The average molecular weight is 631 g/mol. The standard InChI is InChI=1S/C34H36F2N6O4/c1-21(33-39-28-8-7-24(34(43)44)16-30(28)41(33)18-26-11-14-45-26)40-12-9-23(10-13-40)27-3-2-4-32(38-27)46-20-22-5-6-25-17-37-42(19-31(35)36)29(25)15-22/h2-8,15-17,21,23,26,31H,9-14,18-20H2,1H3,(H,43,44)/t21-,26-/m0/s1. The number of aromatic nitrogens is 5. The van der Waals surface area contributed by atoms with Crippen LogP contribution in [0.1, 0.15) is 65.6 Å². The molecule has 46 heavy (non-hydrogen) atoms. The van der Waals surface area contributed by atoms with Crippen LogP contribution < -0.4 is 4.74 Å². The number of ether oxygens (including phenoxy) is 2. The fraction of sp³-hybridized carbons (Fsp3) is 0.412. The Morgan fingerprint density at radius 2 is 1.89 bits per heavy atom. The van der Waals surface area contributed by atoms with Gasteiger partial charge in [0.05, 0.1) is 47.0 Å². The van der Waals surface area contributed by atoms with Crippen molar-refractivity contribution in [2.75, 3.05) is 19.7 Å². The molecule has 12 heteroatoms. The Kier molecular flexibility index (Phi) is 8.39. The Morgan fingerprint density at radius 3 is 2.63 bits per heavy atom. The zero-order valence-corrected chi connectivity index (χ0v) is 25.6. The lowest BCUT2D eigenvalue weighted by Crippen LogP contribution is -2.37. The second-order valence-electron chi connectivity index (χ2n) is 12.2. The second kappa shape index (κ2) is 12.8. The third kappa shape index (κ3) is 6.19. The normalized spacial score (nSPS) is 18.3. The van der Waals surface area contributed by atoms with E-state index in [2.05, 4.69) is 21.5 Å². The van der Waals surface area contributed by atoms with Crippen LogP contribution >= 0.6 is 0 Å². The minimum absolute atomic E-state index is 0.0404. The minimum Gasteiger partial charge on any atom is -0.478 e. The minimum atomic E-state index is -2.48. The largest absolute Gasteiger partial charge is 0.478 e. The van der Waals surface area contributed by atoms with E-state index >= 15 is 0 Å². The highest BCUT2D eigenvalue weighted by Gasteiger charge is 2.30. The topological polar surface area (TPSA) is 108 Å². The van der Waals surface area contributed by atoms with E-state index in [0.717, 1.165) is 72.5 Å². The number of rotatable bonds is 11. The van der Waals surface area contributed by atoms with Gasteiger partial charge in [0.2, 0.25) is 5.88 Å². The lowest BCUT2D eigenvalue weighted by molar-refractivity contribution is -0.0594. The number of fused-ring (bicyclic) bond motifs is 2. The van der Waals surface area contributed by atoms with E-state index in [0.29, 0.717) is 17.9 Å². The summed E-state index contributed by atoms with van der Waals surface area (Å²) in [5.41, 5.74) is 4.37. The lowest BCUT2D eigenvalue weighted by Gasteiger charge is -2.36. The van der Waals surface area contributed by atoms with E-state index in [1.165, 1.54) is 4.68 Å². The number of hydrogen-bond donors (Lipinski definition) is 1. The van der Waals surface area contributed by atoms with Crippen LogP contribution in [0.2, 0.25) is 0 Å². The molecule has 5 heterocycles. The maximum absolute atomic E-state index is 13.0. The first kappa shape index (κ1) is 30.2. The van der Waals surface area contributed by atoms with Crippen LogP contribution in [0.4, 0.5) is 8.78 Å². The summed E-state index contributed by atoms with van der Waals surface area (Å²) in [6.45, 7) is 5.13. The first-order valence-electron chi connectivity index (χ1n) is 15.7. The molecule has 2 aromatic carbocycles. The summed E-state index contributed by atoms with van der Waals surface area (Å²) in [5, 5.41) is 14.5. The zero-order valence-electron chi connectivity index (χ0n) is 25.6. The summed E-state index contributed by atoms with van der Waals surface area (Å²) in [6.07, 6.45) is 2.07. The van der Waals surface area contributed by atoms with Gasteiger partial charge in [-0.1, -0.05) is 18.2 Å². The third-order valence-electron chi connectivity index (χ3n) is 9.23. The van der Waals surface area contributed by atoms with Crippen LogP contribution in [0.3, 0.4) is 0 Å². The number of likely N-dealkylation sites (tertiary alicyclic amines) is 1. The van der Waals surface area contributed by atoms with Crippen LogP contribution in [0.5, 0.6) is 5.88 Å². The van der Waals surface area contributed by atoms with Gasteiger partial charge in [0, 0.05) is 29.7 Å². The number of hydrogen-bond acceptors (Lipinski definition) is 7. The number of alkyl halides is 2. The molecule has 3 aromatic heterocycles. The fourth-order valence-electron chi connectivity index (χ4n) is 6.54. The highest BCUT2D eigenvalue weighted by molar-refractivity contribution is 5.92. The third-order valence-corrected chi connectivity index (χ3v) is 9.23. The number of carboxylic acid groups (broad SMARTS) is 1. The number of imidazole rings is 1. The molecule has 5 aromatic rings. The molecule has 2 atom stereocenters. The summed E-state index contributed by atoms with van der Waals surface area (Å²) in [6, 6.07) is 16.6. The first-order valence-corrected chi connectivity index (χ1v) is 15.7. The van der Waals surface area contributed by atoms with Crippen LogP contribution in [0.15, 0.2) is 60.8 Å².